The molecule has 1 amide bonds. The summed E-state index contributed by atoms with van der Waals surface area (Å²) < 4.78 is 24.6. The number of hydrogen-bond acceptors (Lipinski definition) is 2. The number of carbonyl (C=O) groups excluding carboxylic acids is 1. The maximum atomic E-state index is 12.3. The number of piperidine rings is 1. The van der Waals surface area contributed by atoms with Crippen molar-refractivity contribution in [2.24, 2.45) is 0 Å². The number of nitrogens with zero attached hydrogens (tertiary/aromatic N) is 1. The van der Waals surface area contributed by atoms with Crippen LogP contribution in [0.2, 0.25) is 0 Å². The minimum absolute atomic E-state index is 0.0749. The largest absolute Gasteiger partial charge is 0.349 e. The van der Waals surface area contributed by atoms with Crippen LogP contribution in [0.4, 0.5) is 8.78 Å². The summed E-state index contributed by atoms with van der Waals surface area (Å²) >= 11 is 0. The van der Waals surface area contributed by atoms with Crippen LogP contribution in [0.15, 0.2) is 18.2 Å². The molecule has 0 spiro atoms. The van der Waals surface area contributed by atoms with Gasteiger partial charge < -0.3 is 5.32 Å². The number of rotatable bonds is 4. The van der Waals surface area contributed by atoms with Crippen LogP contribution in [0.1, 0.15) is 34.3 Å². The van der Waals surface area contributed by atoms with Crippen LogP contribution in [0.5, 0.6) is 0 Å². The van der Waals surface area contributed by atoms with Gasteiger partial charge in [0, 0.05) is 24.7 Å². The van der Waals surface area contributed by atoms with Crippen molar-refractivity contribution in [3.05, 3.63) is 34.9 Å². The SMILES string of the molecule is Cc1cc(C)cc(C(=O)NC2CCN(CC(F)F)CC2)c1. The normalized spacial score (nSPS) is 17.2. The second-order valence-corrected chi connectivity index (χ2v) is 5.82. The van der Waals surface area contributed by atoms with Crippen molar-refractivity contribution in [1.29, 1.82) is 0 Å². The summed E-state index contributed by atoms with van der Waals surface area (Å²) in [5.41, 5.74) is 2.79. The number of amides is 1. The Balaban J connectivity index is 1.87. The molecule has 0 bridgehead atoms. The van der Waals surface area contributed by atoms with E-state index in [0.29, 0.717) is 18.7 Å². The van der Waals surface area contributed by atoms with Crippen molar-refractivity contribution in [3.63, 3.8) is 0 Å². The topological polar surface area (TPSA) is 32.3 Å². The standard InChI is InChI=1S/C16H22F2N2O/c1-11-7-12(2)9-13(8-11)16(21)19-14-3-5-20(6-4-14)10-15(17)18/h7-9,14-15H,3-6,10H2,1-2H3,(H,19,21). The zero-order valence-electron chi connectivity index (χ0n) is 12.5. The Morgan fingerprint density at radius 2 is 1.81 bits per heavy atom. The molecule has 0 atom stereocenters. The number of aryl methyl sites for hydroxylation is 2. The van der Waals surface area contributed by atoms with E-state index in [1.807, 2.05) is 32.0 Å². The zero-order chi connectivity index (χ0) is 15.4. The Hall–Kier alpha value is -1.49. The monoisotopic (exact) mass is 296 g/mol. The van der Waals surface area contributed by atoms with Gasteiger partial charge in [-0.15, -0.1) is 0 Å². The molecule has 0 aromatic heterocycles. The van der Waals surface area contributed by atoms with Gasteiger partial charge in [-0.3, -0.25) is 9.69 Å². The highest BCUT2D eigenvalue weighted by molar-refractivity contribution is 5.94. The summed E-state index contributed by atoms with van der Waals surface area (Å²) in [6, 6.07) is 5.84. The molecule has 0 aliphatic carbocycles. The van der Waals surface area contributed by atoms with Crippen molar-refractivity contribution >= 4 is 5.91 Å². The van der Waals surface area contributed by atoms with Gasteiger partial charge in [-0.1, -0.05) is 17.2 Å². The third kappa shape index (κ3) is 4.77. The molecule has 1 fully saturated rings. The first-order chi connectivity index (χ1) is 9.94. The maximum Gasteiger partial charge on any atom is 0.251 e. The summed E-state index contributed by atoms with van der Waals surface area (Å²) in [4.78, 5) is 14.0. The van der Waals surface area contributed by atoms with Crippen LogP contribution in [-0.2, 0) is 0 Å². The molecule has 21 heavy (non-hydrogen) atoms. The highest BCUT2D eigenvalue weighted by Crippen LogP contribution is 2.14. The summed E-state index contributed by atoms with van der Waals surface area (Å²) in [5.74, 6) is -0.0749. The fourth-order valence-corrected chi connectivity index (χ4v) is 2.83. The first-order valence-corrected chi connectivity index (χ1v) is 7.33. The molecule has 1 N–H and O–H groups in total. The second-order valence-electron chi connectivity index (χ2n) is 5.82. The number of halogens is 2. The molecule has 3 nitrogen and oxygen atoms in total. The van der Waals surface area contributed by atoms with Gasteiger partial charge in [0.1, 0.15) is 0 Å². The molecule has 1 aromatic rings. The van der Waals surface area contributed by atoms with E-state index in [9.17, 15) is 13.6 Å². The molecule has 1 aliphatic heterocycles. The smallest absolute Gasteiger partial charge is 0.251 e. The van der Waals surface area contributed by atoms with Gasteiger partial charge in [0.2, 0.25) is 0 Å². The fourth-order valence-electron chi connectivity index (χ4n) is 2.83. The molecule has 0 unspecified atom stereocenters. The van der Waals surface area contributed by atoms with E-state index in [-0.39, 0.29) is 18.5 Å². The Morgan fingerprint density at radius 1 is 1.24 bits per heavy atom. The molecular weight excluding hydrogens is 274 g/mol. The summed E-state index contributed by atoms with van der Waals surface area (Å²) in [6.45, 7) is 4.99. The van der Waals surface area contributed by atoms with Crippen LogP contribution in [0.25, 0.3) is 0 Å². The quantitative estimate of drug-likeness (QED) is 0.926. The number of benzene rings is 1. The maximum absolute atomic E-state index is 12.3. The zero-order valence-corrected chi connectivity index (χ0v) is 12.5. The molecule has 1 aromatic carbocycles. The molecule has 1 heterocycles. The Kier molecular flexibility index (Phi) is 5.28. The van der Waals surface area contributed by atoms with Gasteiger partial charge in [-0.05, 0) is 38.8 Å². The predicted molar refractivity (Wildman–Crippen MR) is 78.8 cm³/mol. The number of likely N-dealkylation sites (tertiary alicyclic amines) is 1. The lowest BCUT2D eigenvalue weighted by Crippen LogP contribution is -2.45. The van der Waals surface area contributed by atoms with Crippen LogP contribution in [-0.4, -0.2) is 42.9 Å². The fraction of sp³-hybridized carbons (Fsp3) is 0.562. The number of alkyl halides is 2. The average molecular weight is 296 g/mol. The summed E-state index contributed by atoms with van der Waals surface area (Å²) in [5, 5.41) is 3.01. The van der Waals surface area contributed by atoms with Crippen LogP contribution >= 0.6 is 0 Å². The van der Waals surface area contributed by atoms with E-state index >= 15 is 0 Å². The van der Waals surface area contributed by atoms with Crippen LogP contribution < -0.4 is 5.32 Å². The van der Waals surface area contributed by atoms with E-state index in [1.165, 1.54) is 0 Å². The average Bonchev–Trinajstić information content (AvgIpc) is 2.39. The van der Waals surface area contributed by atoms with Gasteiger partial charge >= 0.3 is 0 Å². The van der Waals surface area contributed by atoms with E-state index < -0.39 is 6.43 Å². The molecule has 116 valence electrons. The highest BCUT2D eigenvalue weighted by atomic mass is 19.3. The third-order valence-corrected chi connectivity index (χ3v) is 3.80. The first-order valence-electron chi connectivity index (χ1n) is 7.33. The lowest BCUT2D eigenvalue weighted by Gasteiger charge is -2.32. The summed E-state index contributed by atoms with van der Waals surface area (Å²) in [6.07, 6.45) is -0.835. The molecular formula is C16H22F2N2O. The van der Waals surface area contributed by atoms with Crippen molar-refractivity contribution in [2.45, 2.75) is 39.2 Å². The van der Waals surface area contributed by atoms with E-state index in [1.54, 1.807) is 4.90 Å². The number of nitrogens with one attached hydrogen (secondary N) is 1. The summed E-state index contributed by atoms with van der Waals surface area (Å²) in [7, 11) is 0. The Bertz CT molecular complexity index is 477. The van der Waals surface area contributed by atoms with Crippen molar-refractivity contribution < 1.29 is 13.6 Å². The second kappa shape index (κ2) is 6.98. The third-order valence-electron chi connectivity index (χ3n) is 3.80. The Morgan fingerprint density at radius 3 is 2.33 bits per heavy atom. The first kappa shape index (κ1) is 15.9. The minimum Gasteiger partial charge on any atom is -0.349 e. The van der Waals surface area contributed by atoms with Crippen LogP contribution in [0, 0.1) is 13.8 Å². The lowest BCUT2D eigenvalue weighted by molar-refractivity contribution is 0.0696. The van der Waals surface area contributed by atoms with Gasteiger partial charge in [0.05, 0.1) is 6.54 Å². The van der Waals surface area contributed by atoms with Crippen molar-refractivity contribution in [3.8, 4) is 0 Å². The number of hydrogen-bond donors (Lipinski definition) is 1. The van der Waals surface area contributed by atoms with Gasteiger partial charge in [0.25, 0.3) is 12.3 Å². The van der Waals surface area contributed by atoms with Gasteiger partial charge in [0.15, 0.2) is 0 Å². The molecule has 1 aliphatic rings. The predicted octanol–water partition coefficient (Wildman–Crippen LogP) is 2.76. The highest BCUT2D eigenvalue weighted by Gasteiger charge is 2.22. The molecule has 2 rings (SSSR count). The molecule has 5 heteroatoms. The molecule has 1 saturated heterocycles. The van der Waals surface area contributed by atoms with Crippen LogP contribution in [0.3, 0.4) is 0 Å². The molecule has 0 radical (unpaired) electrons. The minimum atomic E-state index is -2.29. The van der Waals surface area contributed by atoms with E-state index in [4.69, 9.17) is 0 Å². The molecule has 0 saturated carbocycles. The van der Waals surface area contributed by atoms with E-state index in [2.05, 4.69) is 5.32 Å². The Labute approximate surface area is 124 Å². The lowest BCUT2D eigenvalue weighted by atomic mass is 10.0. The van der Waals surface area contributed by atoms with E-state index in [0.717, 1.165) is 24.0 Å². The number of carbonyl (C=O) groups is 1. The van der Waals surface area contributed by atoms with Crippen molar-refractivity contribution in [2.75, 3.05) is 19.6 Å². The van der Waals surface area contributed by atoms with Gasteiger partial charge in [-0.25, -0.2) is 8.78 Å². The van der Waals surface area contributed by atoms with Crippen molar-refractivity contribution in [1.82, 2.24) is 10.2 Å². The van der Waals surface area contributed by atoms with Gasteiger partial charge in [-0.2, -0.15) is 0 Å².